The lowest BCUT2D eigenvalue weighted by molar-refractivity contribution is 0.590. The van der Waals surface area contributed by atoms with Gasteiger partial charge >= 0.3 is 0 Å². The molecule has 16 rings (SSSR count). The fourth-order valence-corrected chi connectivity index (χ4v) is 15.1. The van der Waals surface area contributed by atoms with Gasteiger partial charge in [-0.25, -0.2) is 0 Å². The Labute approximate surface area is 522 Å². The van der Waals surface area contributed by atoms with Crippen molar-refractivity contribution in [2.75, 3.05) is 9.80 Å². The van der Waals surface area contributed by atoms with Gasteiger partial charge in [-0.1, -0.05) is 223 Å². The topological polar surface area (TPSA) is 32.8 Å². The molecule has 2 aliphatic carbocycles. The second kappa shape index (κ2) is 19.2. The van der Waals surface area contributed by atoms with Crippen molar-refractivity contribution in [2.24, 2.45) is 0 Å². The van der Waals surface area contributed by atoms with E-state index in [-0.39, 0.29) is 21.7 Å². The molecule has 4 heteroatoms. The normalized spacial score (nSPS) is 13.7. The van der Waals surface area contributed by atoms with Crippen LogP contribution in [0.3, 0.4) is 0 Å². The molecule has 0 radical (unpaired) electrons. The summed E-state index contributed by atoms with van der Waals surface area (Å²) in [6, 6.07) is 87.3. The first-order valence-electron chi connectivity index (χ1n) is 31.7. The largest absolute Gasteiger partial charge is 0.456 e. The van der Waals surface area contributed by atoms with Gasteiger partial charge in [0.15, 0.2) is 0 Å². The molecule has 0 bridgehead atoms. The summed E-state index contributed by atoms with van der Waals surface area (Å²) in [6.45, 7) is 27.5. The van der Waals surface area contributed by atoms with E-state index in [9.17, 15) is 0 Å². The molecule has 0 N–H and O–H groups in total. The maximum Gasteiger partial charge on any atom is 0.143 e. The molecule has 0 unspecified atom stereocenters. The Morgan fingerprint density at radius 1 is 0.292 bits per heavy atom. The van der Waals surface area contributed by atoms with E-state index in [2.05, 4.69) is 323 Å². The van der Waals surface area contributed by atoms with Crippen LogP contribution in [0.15, 0.2) is 239 Å². The van der Waals surface area contributed by atoms with E-state index in [1.807, 2.05) is 0 Å². The third-order valence-electron chi connectivity index (χ3n) is 19.7. The fourth-order valence-electron chi connectivity index (χ4n) is 15.1. The predicted octanol–water partition coefficient (Wildman–Crippen LogP) is 24.3. The van der Waals surface area contributed by atoms with Crippen molar-refractivity contribution in [3.63, 3.8) is 0 Å². The molecular weight excluding hydrogens is 1080 g/mol. The summed E-state index contributed by atoms with van der Waals surface area (Å²) in [5.41, 5.74) is 24.1. The van der Waals surface area contributed by atoms with Crippen LogP contribution < -0.4 is 9.80 Å². The van der Waals surface area contributed by atoms with Gasteiger partial charge < -0.3 is 18.6 Å². The molecule has 2 heterocycles. The van der Waals surface area contributed by atoms with Crippen molar-refractivity contribution in [3.05, 3.63) is 275 Å². The predicted molar refractivity (Wildman–Crippen MR) is 376 cm³/mol. The number of hydrogen-bond acceptors (Lipinski definition) is 4. The molecule has 0 saturated heterocycles. The van der Waals surface area contributed by atoms with Crippen molar-refractivity contribution < 1.29 is 8.83 Å². The molecule has 0 amide bonds. The Morgan fingerprint density at radius 3 is 1.24 bits per heavy atom. The van der Waals surface area contributed by atoms with Crippen LogP contribution in [0.25, 0.3) is 87.7 Å². The number of rotatable bonds is 6. The Hall–Kier alpha value is -9.64. The third-order valence-corrected chi connectivity index (χ3v) is 19.7. The zero-order chi connectivity index (χ0) is 61.3. The Balaban J connectivity index is 1.07. The lowest BCUT2D eigenvalue weighted by Gasteiger charge is -2.34. The molecule has 0 fully saturated rings. The van der Waals surface area contributed by atoms with Gasteiger partial charge in [0.05, 0.1) is 11.1 Å². The molecule has 89 heavy (non-hydrogen) atoms. The minimum Gasteiger partial charge on any atom is -0.456 e. The van der Waals surface area contributed by atoms with Crippen molar-refractivity contribution >= 4 is 99.5 Å². The number of benzene rings is 12. The SMILES string of the molecule is CC(C)(C)c1ccc(N(c2ccc(C(C)(C)C)cc2)c2ccc3c4c(c5c6ccccc6oc5c3c2)-c2c(cc(N(c3ccc(C(C)(C)C)cc3)c3ccc(C(C)(C)C)cc3)c3cc5c(cc23)oc2ccccc25)C42c3ccccc3-c3ccccc32)cc1. The van der Waals surface area contributed by atoms with Crippen molar-refractivity contribution in [1.82, 2.24) is 0 Å². The Kier molecular flexibility index (Phi) is 11.8. The van der Waals surface area contributed by atoms with Crippen molar-refractivity contribution in [1.29, 1.82) is 0 Å². The molecule has 2 aliphatic rings. The summed E-state index contributed by atoms with van der Waals surface area (Å²) >= 11 is 0. The summed E-state index contributed by atoms with van der Waals surface area (Å²) in [7, 11) is 0. The van der Waals surface area contributed by atoms with E-state index in [1.54, 1.807) is 0 Å². The van der Waals surface area contributed by atoms with Crippen LogP contribution in [0.1, 0.15) is 128 Å². The standard InChI is InChI=1S/C85H74N2O2/c1-81(2,3)51-29-37-55(38-30-51)86(56-39-31-52(32-40-56)82(4,5)6)59-45-46-63-68(47-59)80-77(64-24-16-20-28-74(64)89-80)78-76-67-49-75-66(62-23-15-19-27-73(62)88-75)48-65(67)72(50-71(76)85(79(63)78)69-25-17-13-21-60(69)61-22-14-18-26-70(61)85)87(57-41-33-53(34-42-57)83(7,8)9)58-43-35-54(36-44-58)84(10,11)12/h13-50H,1-12H3. The minimum atomic E-state index is -0.806. The van der Waals surface area contributed by atoms with Gasteiger partial charge in [0.25, 0.3) is 0 Å². The highest BCUT2D eigenvalue weighted by atomic mass is 16.3. The molecule has 2 aromatic heterocycles. The van der Waals surface area contributed by atoms with Crippen LogP contribution in [0.5, 0.6) is 0 Å². The molecule has 436 valence electrons. The second-order valence-electron chi connectivity index (χ2n) is 29.3. The van der Waals surface area contributed by atoms with E-state index < -0.39 is 5.41 Å². The highest BCUT2D eigenvalue weighted by Crippen LogP contribution is 2.68. The van der Waals surface area contributed by atoms with E-state index in [4.69, 9.17) is 8.83 Å². The molecular formula is C85H74N2O2. The molecule has 0 aliphatic heterocycles. The molecule has 1 spiro atoms. The summed E-state index contributed by atoms with van der Waals surface area (Å²) in [6.07, 6.45) is 0. The Morgan fingerprint density at radius 2 is 0.730 bits per heavy atom. The zero-order valence-electron chi connectivity index (χ0n) is 53.2. The van der Waals surface area contributed by atoms with Crippen LogP contribution in [0.4, 0.5) is 34.1 Å². The maximum absolute atomic E-state index is 7.47. The van der Waals surface area contributed by atoms with Crippen LogP contribution in [0, 0.1) is 0 Å². The fraction of sp³-hybridized carbons (Fsp3) is 0.200. The minimum absolute atomic E-state index is 0.00318. The second-order valence-corrected chi connectivity index (χ2v) is 29.3. The number of anilines is 6. The quantitative estimate of drug-likeness (QED) is 0.166. The van der Waals surface area contributed by atoms with E-state index in [0.717, 1.165) is 99.5 Å². The smallest absolute Gasteiger partial charge is 0.143 e. The number of furan rings is 2. The molecule has 14 aromatic rings. The average Bonchev–Trinajstić information content (AvgIpc) is 1.49. The molecule has 0 atom stereocenters. The van der Waals surface area contributed by atoms with Gasteiger partial charge in [0.2, 0.25) is 0 Å². The Bertz CT molecular complexity index is 5040. The van der Waals surface area contributed by atoms with Gasteiger partial charge in [-0.3, -0.25) is 0 Å². The number of hydrogen-bond donors (Lipinski definition) is 0. The van der Waals surface area contributed by atoms with Gasteiger partial charge in [0.1, 0.15) is 22.3 Å². The van der Waals surface area contributed by atoms with E-state index in [1.165, 1.54) is 66.8 Å². The lowest BCUT2D eigenvalue weighted by atomic mass is 9.69. The monoisotopic (exact) mass is 1150 g/mol. The third kappa shape index (κ3) is 8.25. The summed E-state index contributed by atoms with van der Waals surface area (Å²) in [5, 5.41) is 8.84. The molecule has 0 saturated carbocycles. The number of fused-ring (bicyclic) bond motifs is 22. The van der Waals surface area contributed by atoms with Gasteiger partial charge in [-0.15, -0.1) is 0 Å². The molecule has 12 aromatic carbocycles. The summed E-state index contributed by atoms with van der Waals surface area (Å²) in [5.74, 6) is 0. The van der Waals surface area contributed by atoms with Crippen LogP contribution in [0.2, 0.25) is 0 Å². The number of nitrogens with zero attached hydrogens (tertiary/aromatic N) is 2. The van der Waals surface area contributed by atoms with Crippen molar-refractivity contribution in [2.45, 2.75) is 110 Å². The first-order valence-corrected chi connectivity index (χ1v) is 31.7. The lowest BCUT2D eigenvalue weighted by Crippen LogP contribution is -2.26. The number of para-hydroxylation sites is 2. The van der Waals surface area contributed by atoms with Crippen LogP contribution in [-0.2, 0) is 27.1 Å². The van der Waals surface area contributed by atoms with E-state index in [0.29, 0.717) is 0 Å². The first-order chi connectivity index (χ1) is 42.7. The van der Waals surface area contributed by atoms with Gasteiger partial charge in [-0.2, -0.15) is 0 Å². The summed E-state index contributed by atoms with van der Waals surface area (Å²) < 4.78 is 14.5. The first kappa shape index (κ1) is 54.7. The highest BCUT2D eigenvalue weighted by molar-refractivity contribution is 6.29. The van der Waals surface area contributed by atoms with Crippen LogP contribution >= 0.6 is 0 Å². The van der Waals surface area contributed by atoms with E-state index >= 15 is 0 Å². The summed E-state index contributed by atoms with van der Waals surface area (Å²) in [4.78, 5) is 4.96. The molecule has 4 nitrogen and oxygen atoms in total. The van der Waals surface area contributed by atoms with Crippen molar-refractivity contribution in [3.8, 4) is 22.3 Å². The van der Waals surface area contributed by atoms with Crippen LogP contribution in [-0.4, -0.2) is 0 Å². The zero-order valence-corrected chi connectivity index (χ0v) is 53.2. The maximum atomic E-state index is 7.47. The van der Waals surface area contributed by atoms with Gasteiger partial charge in [-0.05, 0) is 190 Å². The highest BCUT2D eigenvalue weighted by Gasteiger charge is 2.54. The van der Waals surface area contributed by atoms with Gasteiger partial charge in [0, 0.05) is 60.8 Å². The average molecular weight is 1160 g/mol.